The van der Waals surface area contributed by atoms with E-state index in [2.05, 4.69) is 31.3 Å². The number of ether oxygens (including phenoxy) is 1. The Bertz CT molecular complexity index is 567. The van der Waals surface area contributed by atoms with Crippen LogP contribution in [0.5, 0.6) is 5.75 Å². The first kappa shape index (κ1) is 15.0. The molecule has 1 heterocycles. The lowest BCUT2D eigenvalue weighted by Crippen LogP contribution is -2.27. The van der Waals surface area contributed by atoms with Crippen molar-refractivity contribution in [3.05, 3.63) is 51.5 Å². The van der Waals surface area contributed by atoms with Crippen LogP contribution in [0.1, 0.15) is 22.2 Å². The van der Waals surface area contributed by atoms with Crippen molar-refractivity contribution in [1.82, 2.24) is 5.32 Å². The molecule has 1 N–H and O–H groups in total. The van der Waals surface area contributed by atoms with Gasteiger partial charge >= 0.3 is 0 Å². The Morgan fingerprint density at radius 2 is 2.10 bits per heavy atom. The molecule has 20 heavy (non-hydrogen) atoms. The molecule has 0 aliphatic rings. The van der Waals surface area contributed by atoms with Gasteiger partial charge in [-0.15, -0.1) is 11.3 Å². The fourth-order valence-corrected chi connectivity index (χ4v) is 3.07. The summed E-state index contributed by atoms with van der Waals surface area (Å²) in [5, 5.41) is 3.36. The average Bonchev–Trinajstić information content (AvgIpc) is 2.82. The zero-order chi connectivity index (χ0) is 14.5. The Balaban J connectivity index is 1.88. The fourth-order valence-electron chi connectivity index (χ4n) is 2.05. The monoisotopic (exact) mass is 293 g/mol. The minimum absolute atomic E-state index is 0.226. The van der Waals surface area contributed by atoms with Crippen molar-refractivity contribution in [3.63, 3.8) is 0 Å². The van der Waals surface area contributed by atoms with Crippen LogP contribution >= 0.6 is 11.3 Å². The van der Waals surface area contributed by atoms with Crippen molar-refractivity contribution in [3.8, 4) is 5.75 Å². The van der Waals surface area contributed by atoms with Crippen LogP contribution in [0.15, 0.2) is 30.3 Å². The third-order valence-electron chi connectivity index (χ3n) is 3.20. The molecular weight excluding hydrogens is 273 g/mol. The minimum Gasteiger partial charge on any atom is -0.497 e. The number of nitrogens with one attached hydrogen (secondary N) is 1. The molecule has 0 saturated carbocycles. The van der Waals surface area contributed by atoms with E-state index in [9.17, 15) is 4.39 Å². The topological polar surface area (TPSA) is 21.3 Å². The normalized spacial score (nSPS) is 12.4. The lowest BCUT2D eigenvalue weighted by atomic mass is 10.1. The molecule has 0 aliphatic carbocycles. The van der Waals surface area contributed by atoms with Gasteiger partial charge in [0.25, 0.3) is 0 Å². The van der Waals surface area contributed by atoms with Gasteiger partial charge in [-0.1, -0.05) is 6.07 Å². The van der Waals surface area contributed by atoms with E-state index in [4.69, 9.17) is 4.74 Å². The lowest BCUT2D eigenvalue weighted by Gasteiger charge is -2.13. The first-order chi connectivity index (χ1) is 9.58. The molecule has 1 aromatic carbocycles. The van der Waals surface area contributed by atoms with Gasteiger partial charge in [0, 0.05) is 34.0 Å². The zero-order valence-electron chi connectivity index (χ0n) is 12.1. The second-order valence-corrected chi connectivity index (χ2v) is 6.33. The van der Waals surface area contributed by atoms with Gasteiger partial charge in [0.2, 0.25) is 0 Å². The van der Waals surface area contributed by atoms with Gasteiger partial charge in [-0.05, 0) is 38.5 Å². The van der Waals surface area contributed by atoms with Gasteiger partial charge in [-0.25, -0.2) is 4.39 Å². The van der Waals surface area contributed by atoms with E-state index in [1.54, 1.807) is 12.1 Å². The number of hydrogen-bond acceptors (Lipinski definition) is 3. The molecule has 2 nitrogen and oxygen atoms in total. The fraction of sp³-hybridized carbons (Fsp3) is 0.375. The summed E-state index contributed by atoms with van der Waals surface area (Å²) < 4.78 is 18.8. The molecule has 4 heteroatoms. The average molecular weight is 293 g/mol. The molecular formula is C16H20FNOS. The summed E-state index contributed by atoms with van der Waals surface area (Å²) in [5.41, 5.74) is 0.667. The van der Waals surface area contributed by atoms with E-state index < -0.39 is 0 Å². The number of rotatable bonds is 6. The van der Waals surface area contributed by atoms with Crippen LogP contribution in [-0.2, 0) is 13.0 Å². The highest BCUT2D eigenvalue weighted by Gasteiger charge is 2.08. The highest BCUT2D eigenvalue weighted by molar-refractivity contribution is 7.11. The van der Waals surface area contributed by atoms with Crippen LogP contribution in [0.25, 0.3) is 0 Å². The molecule has 108 valence electrons. The third-order valence-corrected chi connectivity index (χ3v) is 4.23. The van der Waals surface area contributed by atoms with Crippen LogP contribution in [-0.4, -0.2) is 13.2 Å². The van der Waals surface area contributed by atoms with Gasteiger partial charge in [-0.2, -0.15) is 0 Å². The summed E-state index contributed by atoms with van der Waals surface area (Å²) in [7, 11) is 1.54. The summed E-state index contributed by atoms with van der Waals surface area (Å²) in [6.45, 7) is 4.76. The van der Waals surface area contributed by atoms with E-state index in [1.807, 2.05) is 11.3 Å². The van der Waals surface area contributed by atoms with Crippen molar-refractivity contribution < 1.29 is 9.13 Å². The Morgan fingerprint density at radius 3 is 2.70 bits per heavy atom. The van der Waals surface area contributed by atoms with Crippen molar-refractivity contribution in [2.45, 2.75) is 32.9 Å². The second-order valence-electron chi connectivity index (χ2n) is 4.96. The number of halogens is 1. The molecule has 2 rings (SSSR count). The van der Waals surface area contributed by atoms with Crippen molar-refractivity contribution in [1.29, 1.82) is 0 Å². The SMILES string of the molecule is COc1ccc(CNC(C)Cc2ccc(C)s2)c(F)c1. The van der Waals surface area contributed by atoms with Crippen molar-refractivity contribution in [2.24, 2.45) is 0 Å². The highest BCUT2D eigenvalue weighted by atomic mass is 32.1. The molecule has 2 aromatic rings. The largest absolute Gasteiger partial charge is 0.497 e. The van der Waals surface area contributed by atoms with Gasteiger partial charge in [0.15, 0.2) is 0 Å². The first-order valence-corrected chi connectivity index (χ1v) is 7.51. The smallest absolute Gasteiger partial charge is 0.131 e. The molecule has 1 atom stereocenters. The van der Waals surface area contributed by atoms with Crippen LogP contribution in [0, 0.1) is 12.7 Å². The van der Waals surface area contributed by atoms with Gasteiger partial charge in [0.1, 0.15) is 11.6 Å². The molecule has 0 saturated heterocycles. The van der Waals surface area contributed by atoms with Crippen LogP contribution in [0.2, 0.25) is 0 Å². The molecule has 1 unspecified atom stereocenters. The maximum atomic E-state index is 13.8. The number of methoxy groups -OCH3 is 1. The van der Waals surface area contributed by atoms with E-state index in [0.29, 0.717) is 23.9 Å². The van der Waals surface area contributed by atoms with E-state index >= 15 is 0 Å². The highest BCUT2D eigenvalue weighted by Crippen LogP contribution is 2.18. The number of aryl methyl sites for hydroxylation is 1. The summed E-state index contributed by atoms with van der Waals surface area (Å²) in [4.78, 5) is 2.69. The summed E-state index contributed by atoms with van der Waals surface area (Å²) >= 11 is 1.82. The maximum Gasteiger partial charge on any atom is 0.131 e. The number of thiophene rings is 1. The quantitative estimate of drug-likeness (QED) is 0.871. The molecule has 1 aromatic heterocycles. The van der Waals surface area contributed by atoms with Crippen LogP contribution < -0.4 is 10.1 Å². The van der Waals surface area contributed by atoms with Gasteiger partial charge in [-0.3, -0.25) is 0 Å². The molecule has 0 aliphatic heterocycles. The molecule has 0 spiro atoms. The molecule has 0 fully saturated rings. The summed E-state index contributed by atoms with van der Waals surface area (Å²) in [5.74, 6) is 0.323. The van der Waals surface area contributed by atoms with Crippen LogP contribution in [0.4, 0.5) is 4.39 Å². The molecule has 0 radical (unpaired) electrons. The molecule has 0 bridgehead atoms. The number of benzene rings is 1. The third kappa shape index (κ3) is 4.05. The Kier molecular flexibility index (Phi) is 5.15. The lowest BCUT2D eigenvalue weighted by molar-refractivity contribution is 0.410. The Morgan fingerprint density at radius 1 is 1.30 bits per heavy atom. The van der Waals surface area contributed by atoms with E-state index in [0.717, 1.165) is 6.42 Å². The minimum atomic E-state index is -0.226. The zero-order valence-corrected chi connectivity index (χ0v) is 12.9. The van der Waals surface area contributed by atoms with Crippen molar-refractivity contribution >= 4 is 11.3 Å². The van der Waals surface area contributed by atoms with Gasteiger partial charge in [0.05, 0.1) is 7.11 Å². The summed E-state index contributed by atoms with van der Waals surface area (Å²) in [6.07, 6.45) is 0.969. The standard InChI is InChI=1S/C16H20FNOS/c1-11(8-15-7-4-12(2)20-15)18-10-13-5-6-14(19-3)9-16(13)17/h4-7,9,11,18H,8,10H2,1-3H3. The second kappa shape index (κ2) is 6.86. The van der Waals surface area contributed by atoms with E-state index in [-0.39, 0.29) is 5.82 Å². The Labute approximate surface area is 123 Å². The maximum absolute atomic E-state index is 13.8. The van der Waals surface area contributed by atoms with Gasteiger partial charge < -0.3 is 10.1 Å². The van der Waals surface area contributed by atoms with Crippen LogP contribution in [0.3, 0.4) is 0 Å². The predicted molar refractivity (Wildman–Crippen MR) is 82.0 cm³/mol. The van der Waals surface area contributed by atoms with E-state index in [1.165, 1.54) is 22.9 Å². The number of hydrogen-bond donors (Lipinski definition) is 1. The molecule has 0 amide bonds. The Hall–Kier alpha value is -1.39. The first-order valence-electron chi connectivity index (χ1n) is 6.69. The summed E-state index contributed by atoms with van der Waals surface area (Å²) in [6, 6.07) is 9.58. The predicted octanol–water partition coefficient (Wildman–Crippen LogP) is 3.93. The van der Waals surface area contributed by atoms with Crippen molar-refractivity contribution in [2.75, 3.05) is 7.11 Å².